The van der Waals surface area contributed by atoms with E-state index in [2.05, 4.69) is 22.4 Å². The number of hydrogen-bond donors (Lipinski definition) is 1. The van der Waals surface area contributed by atoms with E-state index in [0.29, 0.717) is 11.8 Å². The summed E-state index contributed by atoms with van der Waals surface area (Å²) in [5.41, 5.74) is 0. The van der Waals surface area contributed by atoms with E-state index in [9.17, 15) is 4.79 Å². The number of hydrogen-bond acceptors (Lipinski definition) is 4. The second kappa shape index (κ2) is 4.00. The SMILES string of the molecule is Cc1nc(C(=O)NC2CCC(C)C2)no1. The first kappa shape index (κ1) is 10.1. The number of carbonyl (C=O) groups is 1. The third kappa shape index (κ3) is 2.34. The van der Waals surface area contributed by atoms with Gasteiger partial charge in [-0.15, -0.1) is 0 Å². The highest BCUT2D eigenvalue weighted by molar-refractivity contribution is 5.90. The number of rotatable bonds is 2. The molecule has 1 fully saturated rings. The highest BCUT2D eigenvalue weighted by Gasteiger charge is 2.24. The number of carbonyl (C=O) groups excluding carboxylic acids is 1. The van der Waals surface area contributed by atoms with Crippen molar-refractivity contribution >= 4 is 5.91 Å². The molecule has 1 saturated carbocycles. The van der Waals surface area contributed by atoms with Gasteiger partial charge < -0.3 is 9.84 Å². The van der Waals surface area contributed by atoms with Gasteiger partial charge in [0.25, 0.3) is 11.7 Å². The molecule has 0 bridgehead atoms. The van der Waals surface area contributed by atoms with Crippen LogP contribution in [0.25, 0.3) is 0 Å². The second-order valence-electron chi connectivity index (χ2n) is 4.23. The Balaban J connectivity index is 1.92. The van der Waals surface area contributed by atoms with Gasteiger partial charge in [0.15, 0.2) is 0 Å². The lowest BCUT2D eigenvalue weighted by Crippen LogP contribution is -2.33. The zero-order valence-corrected chi connectivity index (χ0v) is 8.99. The van der Waals surface area contributed by atoms with Crippen molar-refractivity contribution in [3.63, 3.8) is 0 Å². The molecule has 15 heavy (non-hydrogen) atoms. The summed E-state index contributed by atoms with van der Waals surface area (Å²) in [6, 6.07) is 0.270. The molecule has 1 aliphatic carbocycles. The maximum absolute atomic E-state index is 11.6. The maximum atomic E-state index is 11.6. The van der Waals surface area contributed by atoms with Crippen LogP contribution in [0.1, 0.15) is 42.7 Å². The quantitative estimate of drug-likeness (QED) is 0.797. The van der Waals surface area contributed by atoms with Crippen molar-refractivity contribution in [1.82, 2.24) is 15.5 Å². The van der Waals surface area contributed by atoms with E-state index in [-0.39, 0.29) is 17.8 Å². The van der Waals surface area contributed by atoms with E-state index < -0.39 is 0 Å². The van der Waals surface area contributed by atoms with Gasteiger partial charge in [-0.3, -0.25) is 4.79 Å². The van der Waals surface area contributed by atoms with Crippen molar-refractivity contribution in [3.8, 4) is 0 Å². The minimum atomic E-state index is -0.231. The van der Waals surface area contributed by atoms with Gasteiger partial charge in [0.1, 0.15) is 0 Å². The van der Waals surface area contributed by atoms with Crippen molar-refractivity contribution in [2.24, 2.45) is 5.92 Å². The maximum Gasteiger partial charge on any atom is 0.292 e. The number of nitrogens with zero attached hydrogens (tertiary/aromatic N) is 2. The molecule has 5 nitrogen and oxygen atoms in total. The largest absolute Gasteiger partial charge is 0.346 e. The molecule has 0 spiro atoms. The van der Waals surface area contributed by atoms with Crippen LogP contribution in [0.5, 0.6) is 0 Å². The van der Waals surface area contributed by atoms with Crippen molar-refractivity contribution in [2.45, 2.75) is 39.2 Å². The van der Waals surface area contributed by atoms with Gasteiger partial charge in [0, 0.05) is 13.0 Å². The highest BCUT2D eigenvalue weighted by Crippen LogP contribution is 2.24. The Hall–Kier alpha value is -1.39. The molecule has 0 aromatic carbocycles. The predicted octanol–water partition coefficient (Wildman–Crippen LogP) is 1.30. The molecule has 1 heterocycles. The van der Waals surface area contributed by atoms with Gasteiger partial charge in [-0.05, 0) is 25.2 Å². The topological polar surface area (TPSA) is 68.0 Å². The first-order chi connectivity index (χ1) is 7.15. The van der Waals surface area contributed by atoms with Crippen LogP contribution in [0, 0.1) is 12.8 Å². The van der Waals surface area contributed by atoms with E-state index in [0.717, 1.165) is 12.8 Å². The van der Waals surface area contributed by atoms with Gasteiger partial charge in [0.05, 0.1) is 0 Å². The summed E-state index contributed by atoms with van der Waals surface area (Å²) >= 11 is 0. The van der Waals surface area contributed by atoms with E-state index >= 15 is 0 Å². The first-order valence-corrected chi connectivity index (χ1v) is 5.26. The number of amides is 1. The standard InChI is InChI=1S/C10H15N3O2/c1-6-3-4-8(5-6)12-10(14)9-11-7(2)15-13-9/h6,8H,3-5H2,1-2H3,(H,12,14). The Morgan fingerprint density at radius 3 is 2.87 bits per heavy atom. The summed E-state index contributed by atoms with van der Waals surface area (Å²) in [5, 5.41) is 6.49. The van der Waals surface area contributed by atoms with E-state index in [4.69, 9.17) is 4.52 Å². The van der Waals surface area contributed by atoms with Crippen molar-refractivity contribution in [2.75, 3.05) is 0 Å². The molecule has 0 aliphatic heterocycles. The Labute approximate surface area is 88.2 Å². The smallest absolute Gasteiger partial charge is 0.292 e. The summed E-state index contributed by atoms with van der Waals surface area (Å²) in [4.78, 5) is 15.5. The normalized spacial score (nSPS) is 25.5. The average Bonchev–Trinajstić information content (AvgIpc) is 2.75. The van der Waals surface area contributed by atoms with Crippen LogP contribution in [0.15, 0.2) is 4.52 Å². The lowest BCUT2D eigenvalue weighted by molar-refractivity contribution is 0.0924. The van der Waals surface area contributed by atoms with Crippen LogP contribution in [-0.4, -0.2) is 22.1 Å². The fourth-order valence-electron chi connectivity index (χ4n) is 1.98. The van der Waals surface area contributed by atoms with Gasteiger partial charge in [-0.25, -0.2) is 0 Å². The van der Waals surface area contributed by atoms with Gasteiger partial charge in [0.2, 0.25) is 5.89 Å². The first-order valence-electron chi connectivity index (χ1n) is 5.26. The summed E-state index contributed by atoms with van der Waals surface area (Å²) in [7, 11) is 0. The zero-order chi connectivity index (χ0) is 10.8. The molecule has 1 aliphatic rings. The fraction of sp³-hybridized carbons (Fsp3) is 0.700. The summed E-state index contributed by atoms with van der Waals surface area (Å²) in [6.07, 6.45) is 3.27. The minimum absolute atomic E-state index is 0.132. The Morgan fingerprint density at radius 1 is 1.53 bits per heavy atom. The molecule has 1 aromatic heterocycles. The molecule has 2 rings (SSSR count). The van der Waals surface area contributed by atoms with Gasteiger partial charge in [-0.1, -0.05) is 12.1 Å². The number of aryl methyl sites for hydroxylation is 1. The minimum Gasteiger partial charge on any atom is -0.346 e. The average molecular weight is 209 g/mol. The van der Waals surface area contributed by atoms with Crippen LogP contribution in [0.4, 0.5) is 0 Å². The van der Waals surface area contributed by atoms with Crippen LogP contribution >= 0.6 is 0 Å². The second-order valence-corrected chi connectivity index (χ2v) is 4.23. The Bertz CT molecular complexity index is 361. The fourth-order valence-corrected chi connectivity index (χ4v) is 1.98. The monoisotopic (exact) mass is 209 g/mol. The molecule has 2 atom stereocenters. The summed E-state index contributed by atoms with van der Waals surface area (Å²) < 4.78 is 4.75. The molecule has 1 amide bonds. The van der Waals surface area contributed by atoms with Crippen LogP contribution in [-0.2, 0) is 0 Å². The molecule has 0 saturated heterocycles. The van der Waals surface area contributed by atoms with E-state index in [1.54, 1.807) is 6.92 Å². The van der Waals surface area contributed by atoms with Gasteiger partial charge >= 0.3 is 0 Å². The molecule has 2 unspecified atom stereocenters. The molecule has 5 heteroatoms. The lowest BCUT2D eigenvalue weighted by Gasteiger charge is -2.09. The molecule has 1 N–H and O–H groups in total. The number of nitrogens with one attached hydrogen (secondary N) is 1. The van der Waals surface area contributed by atoms with Crippen molar-refractivity contribution < 1.29 is 9.32 Å². The lowest BCUT2D eigenvalue weighted by atomic mass is 10.1. The third-order valence-electron chi connectivity index (χ3n) is 2.76. The zero-order valence-electron chi connectivity index (χ0n) is 8.99. The predicted molar refractivity (Wildman–Crippen MR) is 53.3 cm³/mol. The van der Waals surface area contributed by atoms with Crippen molar-refractivity contribution in [3.05, 3.63) is 11.7 Å². The summed E-state index contributed by atoms with van der Waals surface area (Å²) in [5.74, 6) is 1.01. The Kier molecular flexibility index (Phi) is 2.70. The highest BCUT2D eigenvalue weighted by atomic mass is 16.5. The molecular formula is C10H15N3O2. The van der Waals surface area contributed by atoms with Crippen LogP contribution < -0.4 is 5.32 Å². The molecule has 1 aromatic rings. The van der Waals surface area contributed by atoms with E-state index in [1.165, 1.54) is 6.42 Å². The van der Waals surface area contributed by atoms with Crippen LogP contribution in [0.2, 0.25) is 0 Å². The molecular weight excluding hydrogens is 194 g/mol. The third-order valence-corrected chi connectivity index (χ3v) is 2.76. The number of aromatic nitrogens is 2. The van der Waals surface area contributed by atoms with E-state index in [1.807, 2.05) is 0 Å². The van der Waals surface area contributed by atoms with Crippen molar-refractivity contribution in [1.29, 1.82) is 0 Å². The Morgan fingerprint density at radius 2 is 2.33 bits per heavy atom. The summed E-state index contributed by atoms with van der Waals surface area (Å²) in [6.45, 7) is 3.87. The molecule has 82 valence electrons. The van der Waals surface area contributed by atoms with Crippen LogP contribution in [0.3, 0.4) is 0 Å². The molecule has 0 radical (unpaired) electrons. The van der Waals surface area contributed by atoms with Gasteiger partial charge in [-0.2, -0.15) is 4.98 Å².